The van der Waals surface area contributed by atoms with Crippen LogP contribution in [-0.4, -0.2) is 12.2 Å². The van der Waals surface area contributed by atoms with E-state index in [0.717, 1.165) is 12.8 Å². The predicted octanol–water partition coefficient (Wildman–Crippen LogP) is 6.50. The predicted molar refractivity (Wildman–Crippen MR) is 108 cm³/mol. The minimum Gasteiger partial charge on any atom is -0.373 e. The molecule has 0 aliphatic carbocycles. The zero-order valence-electron chi connectivity index (χ0n) is 15.5. The van der Waals surface area contributed by atoms with Crippen molar-refractivity contribution in [2.24, 2.45) is 0 Å². The highest BCUT2D eigenvalue weighted by atomic mass is 16.5. The maximum Gasteiger partial charge on any atom is 0.0679 e. The Labute approximate surface area is 153 Å². The smallest absolute Gasteiger partial charge is 0.0679 e. The summed E-state index contributed by atoms with van der Waals surface area (Å²) in [6.45, 7) is 12.5. The van der Waals surface area contributed by atoms with E-state index in [4.69, 9.17) is 4.74 Å². The van der Waals surface area contributed by atoms with Crippen LogP contribution in [0, 0.1) is 0 Å². The van der Waals surface area contributed by atoms with Crippen molar-refractivity contribution in [2.45, 2.75) is 50.7 Å². The second-order valence-corrected chi connectivity index (χ2v) is 6.37. The summed E-state index contributed by atoms with van der Waals surface area (Å²) in [4.78, 5) is 0. The lowest BCUT2D eigenvalue weighted by Crippen LogP contribution is -2.30. The zero-order chi connectivity index (χ0) is 18.1. The molecule has 0 aliphatic rings. The lowest BCUT2D eigenvalue weighted by molar-refractivity contribution is -0.0293. The van der Waals surface area contributed by atoms with E-state index in [9.17, 15) is 0 Å². The van der Waals surface area contributed by atoms with Gasteiger partial charge < -0.3 is 4.74 Å². The van der Waals surface area contributed by atoms with Crippen molar-refractivity contribution in [1.82, 2.24) is 0 Å². The van der Waals surface area contributed by atoms with E-state index in [1.165, 1.54) is 11.1 Å². The van der Waals surface area contributed by atoms with Gasteiger partial charge in [-0.15, -0.1) is 13.2 Å². The Kier molecular flexibility index (Phi) is 7.69. The molecule has 0 spiro atoms. The first kappa shape index (κ1) is 19.2. The highest BCUT2D eigenvalue weighted by Crippen LogP contribution is 2.32. The number of benzene rings is 2. The van der Waals surface area contributed by atoms with Crippen molar-refractivity contribution in [2.75, 3.05) is 0 Å². The molecule has 1 heteroatoms. The molecule has 2 rings (SSSR count). The molecule has 132 valence electrons. The Morgan fingerprint density at radius 3 is 1.36 bits per heavy atom. The topological polar surface area (TPSA) is 9.23 Å². The number of hydrogen-bond acceptors (Lipinski definition) is 1. The fourth-order valence-corrected chi connectivity index (χ4v) is 3.45. The fraction of sp³-hybridized carbons (Fsp3) is 0.333. The Morgan fingerprint density at radius 1 is 0.720 bits per heavy atom. The van der Waals surface area contributed by atoms with Gasteiger partial charge in [-0.1, -0.05) is 86.7 Å². The van der Waals surface area contributed by atoms with Gasteiger partial charge in [0, 0.05) is 11.8 Å². The van der Waals surface area contributed by atoms with Crippen molar-refractivity contribution in [3.05, 3.63) is 97.1 Å². The minimum absolute atomic E-state index is 0.107. The molecule has 0 saturated carbocycles. The van der Waals surface area contributed by atoms with Crippen molar-refractivity contribution >= 4 is 0 Å². The molecule has 1 nitrogen and oxygen atoms in total. The first-order chi connectivity index (χ1) is 12.2. The lowest BCUT2D eigenvalue weighted by Gasteiger charge is -2.32. The van der Waals surface area contributed by atoms with E-state index in [-0.39, 0.29) is 24.0 Å². The minimum atomic E-state index is 0.107. The highest BCUT2D eigenvalue weighted by Gasteiger charge is 2.27. The second kappa shape index (κ2) is 10.0. The van der Waals surface area contributed by atoms with Gasteiger partial charge in [0.05, 0.1) is 12.2 Å². The summed E-state index contributed by atoms with van der Waals surface area (Å²) in [5, 5.41) is 0. The van der Waals surface area contributed by atoms with Crippen molar-refractivity contribution in [3.8, 4) is 0 Å². The van der Waals surface area contributed by atoms with Crippen molar-refractivity contribution < 1.29 is 4.74 Å². The van der Waals surface area contributed by atoms with Crippen LogP contribution in [0.4, 0.5) is 0 Å². The summed E-state index contributed by atoms with van der Waals surface area (Å²) in [6.07, 6.45) is 6.14. The molecule has 0 radical (unpaired) electrons. The largest absolute Gasteiger partial charge is 0.373 e. The quantitative estimate of drug-likeness (QED) is 0.451. The van der Waals surface area contributed by atoms with Crippen LogP contribution in [0.25, 0.3) is 0 Å². The van der Waals surface area contributed by atoms with Gasteiger partial charge in [0.25, 0.3) is 0 Å². The van der Waals surface area contributed by atoms with Gasteiger partial charge in [-0.05, 0) is 24.0 Å². The maximum absolute atomic E-state index is 6.62. The highest BCUT2D eigenvalue weighted by molar-refractivity contribution is 5.26. The monoisotopic (exact) mass is 334 g/mol. The Hall–Kier alpha value is -2.12. The number of hydrogen-bond donors (Lipinski definition) is 0. The van der Waals surface area contributed by atoms with Crippen LogP contribution < -0.4 is 0 Å². The molecule has 0 amide bonds. The van der Waals surface area contributed by atoms with Crippen LogP contribution in [0.5, 0.6) is 0 Å². The summed E-state index contributed by atoms with van der Waals surface area (Å²) < 4.78 is 6.62. The summed E-state index contributed by atoms with van der Waals surface area (Å²) in [5.41, 5.74) is 2.52. The van der Waals surface area contributed by atoms with Crippen LogP contribution in [0.15, 0.2) is 86.0 Å². The molecule has 2 aromatic rings. The van der Waals surface area contributed by atoms with Gasteiger partial charge in [-0.25, -0.2) is 0 Å². The third kappa shape index (κ3) is 4.93. The van der Waals surface area contributed by atoms with Crippen LogP contribution in [-0.2, 0) is 4.74 Å². The lowest BCUT2D eigenvalue weighted by atomic mass is 9.89. The van der Waals surface area contributed by atoms with Gasteiger partial charge in [-0.2, -0.15) is 0 Å². The van der Waals surface area contributed by atoms with Gasteiger partial charge in [0.1, 0.15) is 0 Å². The van der Waals surface area contributed by atoms with E-state index in [1.807, 2.05) is 24.3 Å². The normalized spacial score (nSPS) is 15.8. The van der Waals surface area contributed by atoms with E-state index in [2.05, 4.69) is 75.5 Å². The summed E-state index contributed by atoms with van der Waals surface area (Å²) in [6, 6.07) is 21.0. The molecular weight excluding hydrogens is 304 g/mol. The molecule has 4 atom stereocenters. The molecule has 0 bridgehead atoms. The Balaban J connectivity index is 2.22. The summed E-state index contributed by atoms with van der Waals surface area (Å²) in [7, 11) is 0. The van der Waals surface area contributed by atoms with Crippen LogP contribution in [0.2, 0.25) is 0 Å². The van der Waals surface area contributed by atoms with Gasteiger partial charge in [-0.3, -0.25) is 0 Å². The van der Waals surface area contributed by atoms with Crippen LogP contribution >= 0.6 is 0 Å². The van der Waals surface area contributed by atoms with E-state index in [0.29, 0.717) is 0 Å². The van der Waals surface area contributed by atoms with Crippen LogP contribution in [0.3, 0.4) is 0 Å². The molecule has 0 fully saturated rings. The molecule has 0 heterocycles. The molecule has 0 aliphatic heterocycles. The van der Waals surface area contributed by atoms with Crippen LogP contribution in [0.1, 0.15) is 49.7 Å². The Bertz CT molecular complexity index is 574. The molecular formula is C24H30O. The number of ether oxygens (including phenoxy) is 1. The van der Waals surface area contributed by atoms with Crippen molar-refractivity contribution in [3.63, 3.8) is 0 Å². The zero-order valence-corrected chi connectivity index (χ0v) is 15.5. The molecule has 4 unspecified atom stereocenters. The first-order valence-corrected chi connectivity index (χ1v) is 9.25. The third-order valence-electron chi connectivity index (χ3n) is 4.83. The van der Waals surface area contributed by atoms with Crippen molar-refractivity contribution in [1.29, 1.82) is 0 Å². The van der Waals surface area contributed by atoms with E-state index in [1.54, 1.807) is 0 Å². The fourth-order valence-electron chi connectivity index (χ4n) is 3.45. The molecule has 2 aromatic carbocycles. The SMILES string of the molecule is C=CC(c1ccccc1)C(CC)OC(CC)C(C=C)c1ccccc1. The van der Waals surface area contributed by atoms with Gasteiger partial charge >= 0.3 is 0 Å². The summed E-state index contributed by atoms with van der Waals surface area (Å²) >= 11 is 0. The van der Waals surface area contributed by atoms with E-state index < -0.39 is 0 Å². The molecule has 25 heavy (non-hydrogen) atoms. The summed E-state index contributed by atoms with van der Waals surface area (Å²) in [5.74, 6) is 0.392. The molecule has 0 aromatic heterocycles. The standard InChI is InChI=1S/C24H30O/c1-5-21(19-15-11-9-12-16-19)23(7-3)25-24(8-4)22(6-2)20-17-13-10-14-18-20/h5-6,9-18,21-24H,1-2,7-8H2,3-4H3. The van der Waals surface area contributed by atoms with Gasteiger partial charge in [0.15, 0.2) is 0 Å². The average molecular weight is 335 g/mol. The maximum atomic E-state index is 6.62. The van der Waals surface area contributed by atoms with Gasteiger partial charge in [0.2, 0.25) is 0 Å². The second-order valence-electron chi connectivity index (χ2n) is 6.37. The average Bonchev–Trinajstić information content (AvgIpc) is 2.68. The molecule has 0 saturated heterocycles. The first-order valence-electron chi connectivity index (χ1n) is 9.25. The number of rotatable bonds is 10. The third-order valence-corrected chi connectivity index (χ3v) is 4.83. The Morgan fingerprint density at radius 2 is 1.08 bits per heavy atom. The van der Waals surface area contributed by atoms with E-state index >= 15 is 0 Å². The molecule has 0 N–H and O–H groups in total.